The van der Waals surface area contributed by atoms with Crippen LogP contribution in [0.15, 0.2) is 33.9 Å². The lowest BCUT2D eigenvalue weighted by molar-refractivity contribution is 0.0730. The van der Waals surface area contributed by atoms with Gasteiger partial charge in [0, 0.05) is 13.1 Å². The lowest BCUT2D eigenvalue weighted by atomic mass is 10.3. The SMILES string of the molecule is O=C(Nc1cc(S(=O)(=O)N2CCOCC2)ccc1Cl)c1cnon1. The molecule has 0 spiro atoms. The largest absolute Gasteiger partial charge is 0.379 e. The van der Waals surface area contributed by atoms with E-state index in [1.54, 1.807) is 0 Å². The van der Waals surface area contributed by atoms with E-state index in [9.17, 15) is 13.2 Å². The summed E-state index contributed by atoms with van der Waals surface area (Å²) in [6, 6.07) is 4.10. The summed E-state index contributed by atoms with van der Waals surface area (Å²) in [6.07, 6.45) is 1.14. The van der Waals surface area contributed by atoms with Crippen molar-refractivity contribution in [3.63, 3.8) is 0 Å². The van der Waals surface area contributed by atoms with Gasteiger partial charge >= 0.3 is 0 Å². The molecule has 3 rings (SSSR count). The number of morpholine rings is 1. The Hall–Kier alpha value is -2.01. The summed E-state index contributed by atoms with van der Waals surface area (Å²) in [7, 11) is -3.69. The third-order valence-electron chi connectivity index (χ3n) is 3.39. The molecule has 0 atom stereocenters. The number of ether oxygens (including phenoxy) is 1. The number of halogens is 1. The maximum atomic E-state index is 12.6. The molecule has 2 heterocycles. The van der Waals surface area contributed by atoms with Gasteiger partial charge < -0.3 is 10.1 Å². The van der Waals surface area contributed by atoms with Crippen molar-refractivity contribution in [2.75, 3.05) is 31.6 Å². The van der Waals surface area contributed by atoms with E-state index in [4.69, 9.17) is 16.3 Å². The van der Waals surface area contributed by atoms with Crippen LogP contribution < -0.4 is 5.32 Å². The molecule has 0 saturated carbocycles. The zero-order valence-electron chi connectivity index (χ0n) is 12.3. The van der Waals surface area contributed by atoms with Gasteiger partial charge in [-0.15, -0.1) is 0 Å². The first-order valence-corrected chi connectivity index (χ1v) is 8.76. The van der Waals surface area contributed by atoms with Crippen LogP contribution in [0.2, 0.25) is 5.02 Å². The van der Waals surface area contributed by atoms with E-state index in [1.807, 2.05) is 0 Å². The van der Waals surface area contributed by atoms with E-state index in [2.05, 4.69) is 20.3 Å². The van der Waals surface area contributed by atoms with Gasteiger partial charge in [-0.25, -0.2) is 13.0 Å². The maximum absolute atomic E-state index is 12.6. The van der Waals surface area contributed by atoms with Crippen molar-refractivity contribution in [3.05, 3.63) is 35.1 Å². The smallest absolute Gasteiger partial charge is 0.279 e. The van der Waals surface area contributed by atoms with Crippen molar-refractivity contribution in [2.24, 2.45) is 0 Å². The average molecular weight is 373 g/mol. The van der Waals surface area contributed by atoms with Crippen molar-refractivity contribution >= 4 is 33.2 Å². The molecule has 11 heteroatoms. The zero-order valence-corrected chi connectivity index (χ0v) is 13.9. The summed E-state index contributed by atoms with van der Waals surface area (Å²) >= 11 is 6.03. The van der Waals surface area contributed by atoms with Gasteiger partial charge in [0.1, 0.15) is 6.20 Å². The van der Waals surface area contributed by atoms with E-state index in [-0.39, 0.29) is 34.4 Å². The minimum Gasteiger partial charge on any atom is -0.379 e. The lowest BCUT2D eigenvalue weighted by Gasteiger charge is -2.26. The van der Waals surface area contributed by atoms with Crippen LogP contribution in [-0.2, 0) is 14.8 Å². The Labute approximate surface area is 142 Å². The van der Waals surface area contributed by atoms with Crippen LogP contribution in [0.5, 0.6) is 0 Å². The fourth-order valence-electron chi connectivity index (χ4n) is 2.15. The molecule has 2 aromatic rings. The molecule has 0 bridgehead atoms. The monoisotopic (exact) mass is 372 g/mol. The number of anilines is 1. The van der Waals surface area contributed by atoms with Crippen molar-refractivity contribution in [3.8, 4) is 0 Å². The van der Waals surface area contributed by atoms with E-state index >= 15 is 0 Å². The normalized spacial score (nSPS) is 16.0. The number of hydrogen-bond donors (Lipinski definition) is 1. The first-order chi connectivity index (χ1) is 11.5. The summed E-state index contributed by atoms with van der Waals surface area (Å²) in [5.74, 6) is -0.612. The number of carbonyl (C=O) groups is 1. The Morgan fingerprint density at radius 1 is 1.29 bits per heavy atom. The maximum Gasteiger partial charge on any atom is 0.279 e. The summed E-state index contributed by atoms with van der Waals surface area (Å²) in [5, 5.41) is 9.42. The zero-order chi connectivity index (χ0) is 17.2. The number of sulfonamides is 1. The van der Waals surface area contributed by atoms with Crippen LogP contribution in [0.3, 0.4) is 0 Å². The molecule has 128 valence electrons. The van der Waals surface area contributed by atoms with Gasteiger partial charge in [0.25, 0.3) is 5.91 Å². The number of hydrogen-bond acceptors (Lipinski definition) is 7. The van der Waals surface area contributed by atoms with Gasteiger partial charge in [-0.1, -0.05) is 16.8 Å². The Morgan fingerprint density at radius 3 is 2.71 bits per heavy atom. The minimum absolute atomic E-state index is 0.0300. The number of benzene rings is 1. The summed E-state index contributed by atoms with van der Waals surface area (Å²) in [5.41, 5.74) is 0.103. The molecule has 0 radical (unpaired) electrons. The first-order valence-electron chi connectivity index (χ1n) is 6.95. The number of amides is 1. The van der Waals surface area contributed by atoms with E-state index < -0.39 is 15.9 Å². The Kier molecular flexibility index (Phi) is 4.81. The molecule has 1 aromatic carbocycles. The second-order valence-corrected chi connectivity index (χ2v) is 7.25. The molecule has 1 amide bonds. The Balaban J connectivity index is 1.87. The van der Waals surface area contributed by atoms with Gasteiger partial charge in [0.15, 0.2) is 5.69 Å². The van der Waals surface area contributed by atoms with Crippen LogP contribution in [0.25, 0.3) is 0 Å². The molecule has 0 unspecified atom stereocenters. The first kappa shape index (κ1) is 16.8. The molecule has 1 aromatic heterocycles. The Morgan fingerprint density at radius 2 is 2.04 bits per heavy atom. The second kappa shape index (κ2) is 6.85. The van der Waals surface area contributed by atoms with Crippen molar-refractivity contribution < 1.29 is 22.6 Å². The fourth-order valence-corrected chi connectivity index (χ4v) is 3.75. The highest BCUT2D eigenvalue weighted by Gasteiger charge is 2.27. The predicted octanol–water partition coefficient (Wildman–Crippen LogP) is 0.996. The number of nitrogens with zero attached hydrogens (tertiary/aromatic N) is 3. The van der Waals surface area contributed by atoms with Gasteiger partial charge in [-0.3, -0.25) is 4.79 Å². The third-order valence-corrected chi connectivity index (χ3v) is 5.61. The fraction of sp³-hybridized carbons (Fsp3) is 0.308. The van der Waals surface area contributed by atoms with Crippen LogP contribution in [0.1, 0.15) is 10.5 Å². The molecule has 1 saturated heterocycles. The van der Waals surface area contributed by atoms with E-state index in [0.717, 1.165) is 6.20 Å². The van der Waals surface area contributed by atoms with Gasteiger partial charge in [-0.2, -0.15) is 4.31 Å². The Bertz CT molecular complexity index is 834. The van der Waals surface area contributed by atoms with Gasteiger partial charge in [-0.05, 0) is 23.4 Å². The van der Waals surface area contributed by atoms with Crippen molar-refractivity contribution in [1.82, 2.24) is 14.6 Å². The standard InChI is InChI=1S/C13H13ClN4O5S/c14-10-2-1-9(24(20,21)18-3-5-22-6-4-18)7-11(10)16-13(19)12-8-15-23-17-12/h1-2,7-8H,3-6H2,(H,16,19). The quantitative estimate of drug-likeness (QED) is 0.851. The van der Waals surface area contributed by atoms with Crippen molar-refractivity contribution in [1.29, 1.82) is 0 Å². The minimum atomic E-state index is -3.69. The summed E-state index contributed by atoms with van der Waals surface area (Å²) in [6.45, 7) is 1.24. The van der Waals surface area contributed by atoms with Gasteiger partial charge in [0.05, 0.1) is 28.8 Å². The van der Waals surface area contributed by atoms with Crippen LogP contribution in [-0.4, -0.2) is 55.2 Å². The van der Waals surface area contributed by atoms with Gasteiger partial charge in [0.2, 0.25) is 10.0 Å². The third kappa shape index (κ3) is 3.41. The molecular weight excluding hydrogens is 360 g/mol. The number of carbonyl (C=O) groups excluding carboxylic acids is 1. The second-order valence-electron chi connectivity index (χ2n) is 4.90. The lowest BCUT2D eigenvalue weighted by Crippen LogP contribution is -2.40. The molecule has 1 fully saturated rings. The number of nitrogens with one attached hydrogen (secondary N) is 1. The highest BCUT2D eigenvalue weighted by atomic mass is 35.5. The van der Waals surface area contributed by atoms with E-state index in [1.165, 1.54) is 22.5 Å². The molecule has 1 aliphatic rings. The summed E-state index contributed by atoms with van der Waals surface area (Å²) in [4.78, 5) is 12.0. The predicted molar refractivity (Wildman–Crippen MR) is 83.3 cm³/mol. The van der Waals surface area contributed by atoms with Crippen LogP contribution in [0.4, 0.5) is 5.69 Å². The number of aromatic nitrogens is 2. The highest BCUT2D eigenvalue weighted by molar-refractivity contribution is 7.89. The molecule has 24 heavy (non-hydrogen) atoms. The number of rotatable bonds is 4. The molecule has 1 aliphatic heterocycles. The van der Waals surface area contributed by atoms with Crippen LogP contribution >= 0.6 is 11.6 Å². The van der Waals surface area contributed by atoms with Crippen molar-refractivity contribution in [2.45, 2.75) is 4.90 Å². The molecule has 1 N–H and O–H groups in total. The average Bonchev–Trinajstić information content (AvgIpc) is 3.12. The molecular formula is C13H13ClN4O5S. The molecule has 0 aliphatic carbocycles. The highest BCUT2D eigenvalue weighted by Crippen LogP contribution is 2.27. The molecule has 9 nitrogen and oxygen atoms in total. The van der Waals surface area contributed by atoms with E-state index in [0.29, 0.717) is 13.2 Å². The topological polar surface area (TPSA) is 115 Å². The summed E-state index contributed by atoms with van der Waals surface area (Å²) < 4.78 is 36.1. The van der Waals surface area contributed by atoms with Crippen LogP contribution in [0, 0.1) is 0 Å².